The zero-order valence-corrected chi connectivity index (χ0v) is 10.6. The molecule has 1 saturated heterocycles. The van der Waals surface area contributed by atoms with Crippen molar-refractivity contribution in [3.05, 3.63) is 36.2 Å². The molecule has 1 N–H and O–H groups in total. The Hall–Kier alpha value is -1.43. The Kier molecular flexibility index (Phi) is 2.36. The largest absolute Gasteiger partial charge is 0.378 e. The molecular weight excluding hydrogens is 246 g/mol. The van der Waals surface area contributed by atoms with Crippen molar-refractivity contribution in [1.29, 1.82) is 0 Å². The lowest BCUT2D eigenvalue weighted by molar-refractivity contribution is 0.0769. The summed E-state index contributed by atoms with van der Waals surface area (Å²) in [5, 5.41) is 3.48. The highest BCUT2D eigenvalue weighted by molar-refractivity contribution is 7.23. The summed E-state index contributed by atoms with van der Waals surface area (Å²) in [4.78, 5) is 5.39. The Labute approximate surface area is 108 Å². The van der Waals surface area contributed by atoms with Crippen molar-refractivity contribution in [3.8, 4) is 0 Å². The van der Waals surface area contributed by atoms with Crippen molar-refractivity contribution in [2.45, 2.75) is 6.04 Å². The molecule has 18 heavy (non-hydrogen) atoms. The summed E-state index contributed by atoms with van der Waals surface area (Å²) in [6, 6.07) is 6.92. The van der Waals surface area contributed by atoms with Crippen LogP contribution >= 0.6 is 11.3 Å². The van der Waals surface area contributed by atoms with Crippen molar-refractivity contribution < 1.29 is 4.74 Å². The number of aromatic nitrogens is 2. The molecule has 5 heteroatoms. The highest BCUT2D eigenvalue weighted by Gasteiger charge is 2.16. The van der Waals surface area contributed by atoms with E-state index in [1.54, 1.807) is 11.3 Å². The minimum absolute atomic E-state index is 0.317. The lowest BCUT2D eigenvalue weighted by atomic mass is 10.1. The van der Waals surface area contributed by atoms with Crippen LogP contribution in [0.4, 0.5) is 0 Å². The van der Waals surface area contributed by atoms with E-state index in [1.165, 1.54) is 15.8 Å². The highest BCUT2D eigenvalue weighted by Crippen LogP contribution is 2.28. The molecule has 1 atom stereocenters. The molecular formula is C13H13N3OS. The van der Waals surface area contributed by atoms with Crippen LogP contribution < -0.4 is 5.32 Å². The van der Waals surface area contributed by atoms with E-state index in [1.807, 2.05) is 12.4 Å². The van der Waals surface area contributed by atoms with E-state index < -0.39 is 0 Å². The van der Waals surface area contributed by atoms with E-state index in [0.29, 0.717) is 6.04 Å². The molecule has 0 saturated carbocycles. The Morgan fingerprint density at radius 1 is 1.44 bits per heavy atom. The first-order valence-electron chi connectivity index (χ1n) is 6.08. The van der Waals surface area contributed by atoms with Crippen LogP contribution in [-0.2, 0) is 4.74 Å². The second kappa shape index (κ2) is 4.05. The molecule has 1 fully saturated rings. The van der Waals surface area contributed by atoms with Crippen molar-refractivity contribution in [2.24, 2.45) is 0 Å². The number of thiazole rings is 1. The number of fused-ring (bicyclic) bond motifs is 3. The fraction of sp³-hybridized carbons (Fsp3) is 0.308. The van der Waals surface area contributed by atoms with Crippen LogP contribution in [0.5, 0.6) is 0 Å². The smallest absolute Gasteiger partial charge is 0.194 e. The first-order valence-corrected chi connectivity index (χ1v) is 6.90. The van der Waals surface area contributed by atoms with E-state index >= 15 is 0 Å². The molecule has 1 aromatic carbocycles. The molecule has 4 nitrogen and oxygen atoms in total. The molecule has 0 bridgehead atoms. The third kappa shape index (κ3) is 1.55. The molecule has 0 radical (unpaired) electrons. The summed E-state index contributed by atoms with van der Waals surface area (Å²) >= 11 is 1.73. The van der Waals surface area contributed by atoms with Crippen molar-refractivity contribution >= 4 is 26.5 Å². The monoisotopic (exact) mass is 259 g/mol. The van der Waals surface area contributed by atoms with E-state index in [4.69, 9.17) is 4.74 Å². The van der Waals surface area contributed by atoms with Gasteiger partial charge < -0.3 is 10.1 Å². The molecule has 3 heterocycles. The van der Waals surface area contributed by atoms with Crippen molar-refractivity contribution in [3.63, 3.8) is 0 Å². The molecule has 1 unspecified atom stereocenters. The number of nitrogens with zero attached hydrogens (tertiary/aromatic N) is 2. The van der Waals surface area contributed by atoms with Gasteiger partial charge in [-0.2, -0.15) is 0 Å². The second-order valence-corrected chi connectivity index (χ2v) is 5.50. The lowest BCUT2D eigenvalue weighted by Crippen LogP contribution is -2.34. The molecule has 2 aromatic heterocycles. The minimum atomic E-state index is 0.317. The number of imidazole rings is 1. The van der Waals surface area contributed by atoms with Gasteiger partial charge in [0.25, 0.3) is 0 Å². The molecule has 92 valence electrons. The van der Waals surface area contributed by atoms with Crippen LogP contribution in [0.25, 0.3) is 15.2 Å². The number of morpholine rings is 1. The van der Waals surface area contributed by atoms with Gasteiger partial charge in [-0.05, 0) is 17.7 Å². The summed E-state index contributed by atoms with van der Waals surface area (Å²) in [7, 11) is 0. The van der Waals surface area contributed by atoms with Gasteiger partial charge in [0.2, 0.25) is 0 Å². The Balaban J connectivity index is 1.82. The van der Waals surface area contributed by atoms with E-state index in [2.05, 4.69) is 32.9 Å². The van der Waals surface area contributed by atoms with Gasteiger partial charge in [0.15, 0.2) is 4.96 Å². The summed E-state index contributed by atoms with van der Waals surface area (Å²) in [5.41, 5.74) is 2.53. The van der Waals surface area contributed by atoms with E-state index in [9.17, 15) is 0 Å². The third-order valence-corrected chi connectivity index (χ3v) is 4.41. The zero-order chi connectivity index (χ0) is 11.9. The van der Waals surface area contributed by atoms with Gasteiger partial charge in [0.1, 0.15) is 0 Å². The van der Waals surface area contributed by atoms with Gasteiger partial charge in [-0.1, -0.05) is 17.4 Å². The topological polar surface area (TPSA) is 38.6 Å². The van der Waals surface area contributed by atoms with Crippen LogP contribution in [0.1, 0.15) is 11.6 Å². The minimum Gasteiger partial charge on any atom is -0.378 e. The quantitative estimate of drug-likeness (QED) is 0.728. The number of hydrogen-bond acceptors (Lipinski definition) is 4. The van der Waals surface area contributed by atoms with E-state index in [-0.39, 0.29) is 0 Å². The van der Waals surface area contributed by atoms with Crippen molar-refractivity contribution in [1.82, 2.24) is 14.7 Å². The van der Waals surface area contributed by atoms with E-state index in [0.717, 1.165) is 24.7 Å². The van der Waals surface area contributed by atoms with Gasteiger partial charge in [0.05, 0.1) is 29.5 Å². The first-order chi connectivity index (χ1) is 8.92. The zero-order valence-electron chi connectivity index (χ0n) is 9.80. The van der Waals surface area contributed by atoms with Gasteiger partial charge in [0, 0.05) is 18.9 Å². The summed E-state index contributed by atoms with van der Waals surface area (Å²) in [6.45, 7) is 2.50. The molecule has 1 aliphatic rings. The standard InChI is InChI=1S/C13H13N3OS/c1-2-11-12(18-13-15-3-5-16(11)13)7-9(1)10-8-17-6-4-14-10/h1-3,5,7,10,14H,4,6,8H2. The normalized spacial score (nSPS) is 20.8. The molecule has 1 aliphatic heterocycles. The predicted octanol–water partition coefficient (Wildman–Crippen LogP) is 2.21. The van der Waals surface area contributed by atoms with Crippen LogP contribution in [0.2, 0.25) is 0 Å². The number of hydrogen-bond donors (Lipinski definition) is 1. The predicted molar refractivity (Wildman–Crippen MR) is 72.1 cm³/mol. The van der Waals surface area contributed by atoms with Gasteiger partial charge in [-0.15, -0.1) is 0 Å². The van der Waals surface area contributed by atoms with Gasteiger partial charge >= 0.3 is 0 Å². The van der Waals surface area contributed by atoms with Gasteiger partial charge in [-0.3, -0.25) is 4.40 Å². The average molecular weight is 259 g/mol. The fourth-order valence-corrected chi connectivity index (χ4v) is 3.49. The number of nitrogens with one attached hydrogen (secondary N) is 1. The van der Waals surface area contributed by atoms with Crippen LogP contribution in [0, 0.1) is 0 Å². The Bertz CT molecular complexity index is 696. The number of benzene rings is 1. The highest BCUT2D eigenvalue weighted by atomic mass is 32.1. The van der Waals surface area contributed by atoms with Gasteiger partial charge in [-0.25, -0.2) is 4.98 Å². The maximum Gasteiger partial charge on any atom is 0.194 e. The lowest BCUT2D eigenvalue weighted by Gasteiger charge is -2.24. The van der Waals surface area contributed by atoms with Crippen LogP contribution in [0.3, 0.4) is 0 Å². The molecule has 4 rings (SSSR count). The molecule has 0 aliphatic carbocycles. The number of ether oxygens (including phenoxy) is 1. The maximum atomic E-state index is 5.52. The number of rotatable bonds is 1. The second-order valence-electron chi connectivity index (χ2n) is 4.49. The first kappa shape index (κ1) is 10.5. The summed E-state index contributed by atoms with van der Waals surface area (Å²) in [5.74, 6) is 0. The maximum absolute atomic E-state index is 5.52. The molecule has 0 spiro atoms. The van der Waals surface area contributed by atoms with Crippen LogP contribution in [-0.4, -0.2) is 29.1 Å². The Morgan fingerprint density at radius 3 is 3.33 bits per heavy atom. The third-order valence-electron chi connectivity index (χ3n) is 3.38. The average Bonchev–Trinajstić information content (AvgIpc) is 2.99. The van der Waals surface area contributed by atoms with Crippen LogP contribution in [0.15, 0.2) is 30.6 Å². The summed E-state index contributed by atoms with van der Waals surface area (Å²) < 4.78 is 8.93. The van der Waals surface area contributed by atoms with Crippen molar-refractivity contribution in [2.75, 3.05) is 19.8 Å². The molecule has 3 aromatic rings. The summed E-state index contributed by atoms with van der Waals surface area (Å²) in [6.07, 6.45) is 3.85. The fourth-order valence-electron chi connectivity index (χ4n) is 2.45. The Morgan fingerprint density at radius 2 is 2.44 bits per heavy atom. The molecule has 0 amide bonds. The SMILES string of the molecule is c1cn2c(n1)sc1cc(C3COCCN3)ccc12.